The van der Waals surface area contributed by atoms with E-state index in [0.717, 1.165) is 28.5 Å². The number of imidazole rings is 1. The number of nitrogens with zero attached hydrogens (tertiary/aromatic N) is 4. The highest BCUT2D eigenvalue weighted by Gasteiger charge is 2.39. The summed E-state index contributed by atoms with van der Waals surface area (Å²) < 4.78 is 22.3. The van der Waals surface area contributed by atoms with Crippen LogP contribution in [0.15, 0.2) is 40.9 Å². The number of piperidine rings is 1. The third-order valence-corrected chi connectivity index (χ3v) is 7.83. The van der Waals surface area contributed by atoms with Gasteiger partial charge in [0.2, 0.25) is 0 Å². The first-order valence-corrected chi connectivity index (χ1v) is 12.7. The lowest BCUT2D eigenvalue weighted by molar-refractivity contribution is 0.103. The summed E-state index contributed by atoms with van der Waals surface area (Å²) in [7, 11) is 3.69. The predicted molar refractivity (Wildman–Crippen MR) is 141 cm³/mol. The molecule has 0 atom stereocenters. The lowest BCUT2D eigenvalue weighted by atomic mass is 9.79. The van der Waals surface area contributed by atoms with Crippen LogP contribution in [-0.2, 0) is 0 Å². The van der Waals surface area contributed by atoms with E-state index in [-0.39, 0.29) is 16.9 Å². The number of methoxy groups -OCH3 is 1. The number of ether oxygens (including phenoxy) is 1. The Kier molecular flexibility index (Phi) is 6.66. The molecule has 0 spiro atoms. The van der Waals surface area contributed by atoms with Gasteiger partial charge < -0.3 is 15.0 Å². The number of halogens is 1. The molecule has 0 saturated carbocycles. The van der Waals surface area contributed by atoms with Gasteiger partial charge in [0.25, 0.3) is 0 Å². The summed E-state index contributed by atoms with van der Waals surface area (Å²) in [6.45, 7) is 17.0. The minimum Gasteiger partial charge on any atom is -0.493 e. The van der Waals surface area contributed by atoms with Crippen molar-refractivity contribution in [3.63, 3.8) is 0 Å². The van der Waals surface area contributed by atoms with E-state index >= 15 is 4.39 Å². The summed E-state index contributed by atoms with van der Waals surface area (Å²) in [6.07, 6.45) is 3.85. The quantitative estimate of drug-likeness (QED) is 0.424. The number of nitrogens with one attached hydrogen (secondary N) is 1. The topological polar surface area (TPSA) is 54.7 Å². The van der Waals surface area contributed by atoms with E-state index in [4.69, 9.17) is 4.74 Å². The maximum atomic E-state index is 15.1. The van der Waals surface area contributed by atoms with E-state index in [1.54, 1.807) is 17.7 Å². The van der Waals surface area contributed by atoms with Crippen molar-refractivity contribution in [2.45, 2.75) is 76.4 Å². The largest absolute Gasteiger partial charge is 0.493 e. The van der Waals surface area contributed by atoms with Crippen molar-refractivity contribution in [2.24, 2.45) is 0 Å². The zero-order chi connectivity index (χ0) is 25.7. The van der Waals surface area contributed by atoms with Crippen LogP contribution in [0.1, 0.15) is 51.8 Å². The van der Waals surface area contributed by atoms with Gasteiger partial charge in [-0.2, -0.15) is 5.10 Å². The molecule has 8 heteroatoms. The number of rotatable bonds is 6. The molecule has 188 valence electrons. The molecule has 1 fully saturated rings. The standard InChI is InChI=1S/C27H36FN5OS/c1-16-15-33-25(29-16)23(34-9)12-22(30-33)19-10-21(28)17(2)24(11-19)35-18(3)32(8)20-13-26(4,5)31-27(6,7)14-20/h10-12,15,20,31H,3,13-14H2,1-2,4-9H3. The van der Waals surface area contributed by atoms with Gasteiger partial charge in [-0.05, 0) is 72.1 Å². The van der Waals surface area contributed by atoms with E-state index < -0.39 is 0 Å². The molecule has 1 N–H and O–H groups in total. The highest BCUT2D eigenvalue weighted by Crippen LogP contribution is 2.39. The Labute approximate surface area is 212 Å². The molecule has 6 nitrogen and oxygen atoms in total. The molecule has 1 aromatic carbocycles. The van der Waals surface area contributed by atoms with Crippen LogP contribution in [0.4, 0.5) is 4.39 Å². The van der Waals surface area contributed by atoms with Crippen LogP contribution in [-0.4, -0.2) is 50.8 Å². The molecular formula is C27H36FN5OS. The summed E-state index contributed by atoms with van der Waals surface area (Å²) in [4.78, 5) is 7.54. The Morgan fingerprint density at radius 1 is 1.20 bits per heavy atom. The Hall–Kier alpha value is -2.58. The zero-order valence-electron chi connectivity index (χ0n) is 22.0. The third kappa shape index (κ3) is 5.33. The number of benzene rings is 1. The summed E-state index contributed by atoms with van der Waals surface area (Å²) in [5, 5.41) is 9.30. The smallest absolute Gasteiger partial charge is 0.196 e. The number of aryl methyl sites for hydroxylation is 1. The van der Waals surface area contributed by atoms with Crippen molar-refractivity contribution in [1.29, 1.82) is 0 Å². The van der Waals surface area contributed by atoms with Crippen LogP contribution in [0.25, 0.3) is 16.9 Å². The van der Waals surface area contributed by atoms with Crippen LogP contribution in [0.2, 0.25) is 0 Å². The summed E-state index contributed by atoms with van der Waals surface area (Å²) in [5.74, 6) is 0.325. The van der Waals surface area contributed by atoms with Crippen LogP contribution < -0.4 is 10.1 Å². The van der Waals surface area contributed by atoms with Gasteiger partial charge in [-0.25, -0.2) is 13.9 Å². The average Bonchev–Trinajstić information content (AvgIpc) is 3.13. The van der Waals surface area contributed by atoms with E-state index in [1.165, 1.54) is 17.8 Å². The number of hydrogen-bond acceptors (Lipinski definition) is 6. The Balaban J connectivity index is 1.64. The van der Waals surface area contributed by atoms with Crippen LogP contribution >= 0.6 is 11.8 Å². The molecule has 1 saturated heterocycles. The Bertz CT molecular complexity index is 1270. The Morgan fingerprint density at radius 3 is 2.49 bits per heavy atom. The third-order valence-electron chi connectivity index (χ3n) is 6.66. The fourth-order valence-corrected chi connectivity index (χ4v) is 6.19. The fraction of sp³-hybridized carbons (Fsp3) is 0.481. The molecule has 0 bridgehead atoms. The number of aromatic nitrogens is 3. The van der Waals surface area contributed by atoms with Gasteiger partial charge in [0.05, 0.1) is 29.7 Å². The molecular weight excluding hydrogens is 461 g/mol. The van der Waals surface area contributed by atoms with Gasteiger partial charge in [0.15, 0.2) is 11.4 Å². The lowest BCUT2D eigenvalue weighted by Crippen LogP contribution is -2.61. The normalized spacial score (nSPS) is 17.5. The summed E-state index contributed by atoms with van der Waals surface area (Å²) >= 11 is 1.51. The van der Waals surface area contributed by atoms with E-state index in [0.29, 0.717) is 34.3 Å². The second-order valence-electron chi connectivity index (χ2n) is 10.9. The Morgan fingerprint density at radius 2 is 1.86 bits per heavy atom. The molecule has 2 aromatic heterocycles. The maximum Gasteiger partial charge on any atom is 0.196 e. The van der Waals surface area contributed by atoms with Crippen molar-refractivity contribution in [1.82, 2.24) is 24.8 Å². The molecule has 0 amide bonds. The molecule has 4 rings (SSSR count). The van der Waals surface area contributed by atoms with E-state index in [1.807, 2.05) is 26.1 Å². The zero-order valence-corrected chi connectivity index (χ0v) is 22.8. The molecule has 3 heterocycles. The van der Waals surface area contributed by atoms with Crippen LogP contribution in [0, 0.1) is 19.7 Å². The number of hydrogen-bond donors (Lipinski definition) is 1. The van der Waals surface area contributed by atoms with Crippen molar-refractivity contribution in [2.75, 3.05) is 14.2 Å². The van der Waals surface area contributed by atoms with Crippen molar-refractivity contribution in [3.05, 3.63) is 53.1 Å². The fourth-order valence-electron chi connectivity index (χ4n) is 5.21. The average molecular weight is 498 g/mol. The van der Waals surface area contributed by atoms with Gasteiger partial charge in [0, 0.05) is 40.7 Å². The monoisotopic (exact) mass is 497 g/mol. The molecule has 0 unspecified atom stereocenters. The van der Waals surface area contributed by atoms with Gasteiger partial charge in [-0.3, -0.25) is 0 Å². The van der Waals surface area contributed by atoms with E-state index in [2.05, 4.69) is 61.6 Å². The second kappa shape index (κ2) is 9.13. The summed E-state index contributed by atoms with van der Waals surface area (Å²) in [5.41, 5.74) is 3.44. The molecule has 35 heavy (non-hydrogen) atoms. The van der Waals surface area contributed by atoms with Crippen molar-refractivity contribution in [3.8, 4) is 17.0 Å². The van der Waals surface area contributed by atoms with Gasteiger partial charge in [-0.15, -0.1) is 0 Å². The minimum absolute atomic E-state index is 0.0304. The molecule has 3 aromatic rings. The molecule has 1 aliphatic heterocycles. The maximum absolute atomic E-state index is 15.1. The van der Waals surface area contributed by atoms with Crippen molar-refractivity contribution < 1.29 is 9.13 Å². The minimum atomic E-state index is -0.271. The first-order chi connectivity index (χ1) is 16.3. The first kappa shape index (κ1) is 25.5. The van der Waals surface area contributed by atoms with Crippen LogP contribution in [0.3, 0.4) is 0 Å². The van der Waals surface area contributed by atoms with Gasteiger partial charge in [-0.1, -0.05) is 18.3 Å². The first-order valence-electron chi connectivity index (χ1n) is 11.9. The molecule has 1 aliphatic rings. The number of thioether (sulfide) groups is 1. The van der Waals surface area contributed by atoms with E-state index in [9.17, 15) is 0 Å². The number of fused-ring (bicyclic) bond motifs is 1. The SMILES string of the molecule is C=C(Sc1cc(-c2cc(OC)c3nc(C)cn3n2)cc(F)c1C)N(C)C1CC(C)(C)NC(C)(C)C1. The lowest BCUT2D eigenvalue weighted by Gasteiger charge is -2.49. The molecule has 0 radical (unpaired) electrons. The van der Waals surface area contributed by atoms with Gasteiger partial charge in [0.1, 0.15) is 5.82 Å². The van der Waals surface area contributed by atoms with Crippen molar-refractivity contribution >= 4 is 17.4 Å². The highest BCUT2D eigenvalue weighted by molar-refractivity contribution is 8.03. The van der Waals surface area contributed by atoms with Crippen LogP contribution in [0.5, 0.6) is 5.75 Å². The summed E-state index contributed by atoms with van der Waals surface area (Å²) in [6, 6.07) is 5.66. The second-order valence-corrected chi connectivity index (χ2v) is 12.0. The molecule has 0 aliphatic carbocycles. The predicted octanol–water partition coefficient (Wildman–Crippen LogP) is 5.97. The highest BCUT2D eigenvalue weighted by atomic mass is 32.2. The van der Waals surface area contributed by atoms with Gasteiger partial charge >= 0.3 is 0 Å².